The van der Waals surface area contributed by atoms with Gasteiger partial charge in [-0.1, -0.05) is 0 Å². The second-order valence-electron chi connectivity index (χ2n) is 6.40. The van der Waals surface area contributed by atoms with Gasteiger partial charge in [-0.25, -0.2) is 0 Å². The third-order valence-electron chi connectivity index (χ3n) is 4.89. The molecule has 0 radical (unpaired) electrons. The van der Waals surface area contributed by atoms with Crippen molar-refractivity contribution in [2.75, 3.05) is 6.79 Å². The lowest BCUT2D eigenvalue weighted by Crippen LogP contribution is -2.27. The van der Waals surface area contributed by atoms with Crippen molar-refractivity contribution in [3.05, 3.63) is 0 Å². The van der Waals surface area contributed by atoms with Gasteiger partial charge in [-0.3, -0.25) is 9.59 Å². The molecule has 0 N–H and O–H groups in total. The zero-order valence-electron chi connectivity index (χ0n) is 13.2. The molecule has 2 rings (SSSR count). The fraction of sp³-hybridized carbons (Fsp3) is 0.765. The van der Waals surface area contributed by atoms with Crippen molar-refractivity contribution in [2.45, 2.75) is 51.4 Å². The van der Waals surface area contributed by atoms with Crippen molar-refractivity contribution >= 4 is 11.9 Å². The van der Waals surface area contributed by atoms with Gasteiger partial charge in [0.15, 0.2) is 0 Å². The van der Waals surface area contributed by atoms with Crippen LogP contribution in [0, 0.1) is 46.3 Å². The normalized spacial score (nSPS) is 30.5. The Kier molecular flexibility index (Phi) is 6.40. The molecule has 0 saturated heterocycles. The van der Waals surface area contributed by atoms with Gasteiger partial charge < -0.3 is 9.47 Å². The van der Waals surface area contributed by atoms with E-state index in [9.17, 15) is 9.59 Å². The summed E-state index contributed by atoms with van der Waals surface area (Å²) in [6.45, 7) is -0.339. The number of hydrogen-bond acceptors (Lipinski definition) is 6. The van der Waals surface area contributed by atoms with Crippen LogP contribution in [0.2, 0.25) is 0 Å². The predicted octanol–water partition coefficient (Wildman–Crippen LogP) is 2.69. The molecule has 0 bridgehead atoms. The molecule has 0 unspecified atom stereocenters. The highest BCUT2D eigenvalue weighted by Crippen LogP contribution is 2.30. The summed E-state index contributed by atoms with van der Waals surface area (Å²) in [5.41, 5.74) is 0. The first kappa shape index (κ1) is 17.3. The number of carbonyl (C=O) groups excluding carboxylic acids is 2. The van der Waals surface area contributed by atoms with Crippen LogP contribution < -0.4 is 0 Å². The number of nitriles is 2. The number of esters is 2. The van der Waals surface area contributed by atoms with E-state index < -0.39 is 0 Å². The molecule has 2 aliphatic carbocycles. The van der Waals surface area contributed by atoms with Crippen LogP contribution in [-0.2, 0) is 19.1 Å². The number of rotatable bonds is 4. The first-order valence-corrected chi connectivity index (χ1v) is 8.26. The Morgan fingerprint density at radius 1 is 0.739 bits per heavy atom. The lowest BCUT2D eigenvalue weighted by Gasteiger charge is -2.24. The van der Waals surface area contributed by atoms with E-state index in [0.717, 1.165) is 25.7 Å². The largest absolute Gasteiger partial charge is 0.428 e. The molecule has 2 saturated carbocycles. The molecule has 0 atom stereocenters. The van der Waals surface area contributed by atoms with Gasteiger partial charge in [0.1, 0.15) is 0 Å². The van der Waals surface area contributed by atoms with Crippen LogP contribution in [0.5, 0.6) is 0 Å². The number of nitrogens with zero attached hydrogens (tertiary/aromatic N) is 2. The Morgan fingerprint density at radius 3 is 1.39 bits per heavy atom. The smallest absolute Gasteiger partial charge is 0.311 e. The molecule has 2 aliphatic rings. The molecular formula is C17H22N2O4. The van der Waals surface area contributed by atoms with Gasteiger partial charge in [-0.15, -0.1) is 0 Å². The minimum atomic E-state index is -0.345. The Hall–Kier alpha value is -2.08. The Balaban J connectivity index is 1.63. The number of hydrogen-bond donors (Lipinski definition) is 0. The summed E-state index contributed by atoms with van der Waals surface area (Å²) in [4.78, 5) is 23.8. The zero-order chi connectivity index (χ0) is 16.7. The van der Waals surface area contributed by atoms with Gasteiger partial charge in [-0.05, 0) is 51.4 Å². The van der Waals surface area contributed by atoms with Gasteiger partial charge in [0.25, 0.3) is 0 Å². The topological polar surface area (TPSA) is 100 Å². The van der Waals surface area contributed by atoms with E-state index >= 15 is 0 Å². The third-order valence-corrected chi connectivity index (χ3v) is 4.89. The molecule has 0 aromatic rings. The van der Waals surface area contributed by atoms with E-state index in [1.807, 2.05) is 0 Å². The maximum atomic E-state index is 11.9. The van der Waals surface area contributed by atoms with Crippen molar-refractivity contribution in [3.8, 4) is 12.1 Å². The van der Waals surface area contributed by atoms with Crippen LogP contribution in [0.1, 0.15) is 51.4 Å². The van der Waals surface area contributed by atoms with Crippen molar-refractivity contribution in [2.24, 2.45) is 23.7 Å². The summed E-state index contributed by atoms with van der Waals surface area (Å²) in [5.74, 6) is -0.987. The average Bonchev–Trinajstić information content (AvgIpc) is 2.61. The maximum Gasteiger partial charge on any atom is 0.311 e. The SMILES string of the molecule is N#C[C@H]1CC[C@H](C(=O)OCOC(=O)[C@H]2CC[C@H](C#N)CC2)CC1. The molecule has 0 amide bonds. The molecule has 0 aliphatic heterocycles. The van der Waals surface area contributed by atoms with Gasteiger partial charge in [-0.2, -0.15) is 10.5 Å². The summed E-state index contributed by atoms with van der Waals surface area (Å²) in [6, 6.07) is 4.45. The molecular weight excluding hydrogens is 296 g/mol. The van der Waals surface area contributed by atoms with Gasteiger partial charge >= 0.3 is 11.9 Å². The van der Waals surface area contributed by atoms with Crippen LogP contribution in [0.4, 0.5) is 0 Å². The van der Waals surface area contributed by atoms with Crippen LogP contribution >= 0.6 is 0 Å². The van der Waals surface area contributed by atoms with Crippen LogP contribution in [0.3, 0.4) is 0 Å². The molecule has 6 nitrogen and oxygen atoms in total. The van der Waals surface area contributed by atoms with Gasteiger partial charge in [0.05, 0.1) is 24.0 Å². The molecule has 0 aromatic heterocycles. The Bertz CT molecular complexity index is 458. The monoisotopic (exact) mass is 318 g/mol. The summed E-state index contributed by atoms with van der Waals surface area (Å²) >= 11 is 0. The summed E-state index contributed by atoms with van der Waals surface area (Å²) in [7, 11) is 0. The van der Waals surface area contributed by atoms with E-state index in [0.29, 0.717) is 25.7 Å². The van der Waals surface area contributed by atoms with Crippen LogP contribution in [-0.4, -0.2) is 18.7 Å². The van der Waals surface area contributed by atoms with Crippen molar-refractivity contribution in [3.63, 3.8) is 0 Å². The molecule has 0 spiro atoms. The van der Waals surface area contributed by atoms with Gasteiger partial charge in [0.2, 0.25) is 6.79 Å². The quantitative estimate of drug-likeness (QED) is 0.583. The standard InChI is InChI=1S/C17H22N2O4/c18-9-12-1-5-14(6-2-12)16(20)22-11-23-17(21)15-7-3-13(10-19)4-8-15/h12-15H,1-8,11H2/t12-,13-,14-,15-. The molecule has 23 heavy (non-hydrogen) atoms. The number of ether oxygens (including phenoxy) is 2. The maximum absolute atomic E-state index is 11.9. The first-order chi connectivity index (χ1) is 11.1. The van der Waals surface area contributed by atoms with Crippen molar-refractivity contribution in [1.29, 1.82) is 10.5 Å². The molecule has 124 valence electrons. The second kappa shape index (κ2) is 8.53. The minimum Gasteiger partial charge on any atom is -0.428 e. The van der Waals surface area contributed by atoms with E-state index in [1.165, 1.54) is 0 Å². The lowest BCUT2D eigenvalue weighted by atomic mass is 9.83. The van der Waals surface area contributed by atoms with E-state index in [2.05, 4.69) is 12.1 Å². The van der Waals surface area contributed by atoms with Crippen molar-refractivity contribution in [1.82, 2.24) is 0 Å². The zero-order valence-corrected chi connectivity index (χ0v) is 13.2. The second-order valence-corrected chi connectivity index (χ2v) is 6.40. The average molecular weight is 318 g/mol. The van der Waals surface area contributed by atoms with Gasteiger partial charge in [0, 0.05) is 11.8 Å². The highest BCUT2D eigenvalue weighted by molar-refractivity contribution is 5.74. The summed E-state index contributed by atoms with van der Waals surface area (Å²) in [5, 5.41) is 17.7. The summed E-state index contributed by atoms with van der Waals surface area (Å²) < 4.78 is 10.1. The van der Waals surface area contributed by atoms with Crippen LogP contribution in [0.25, 0.3) is 0 Å². The highest BCUT2D eigenvalue weighted by atomic mass is 16.7. The van der Waals surface area contributed by atoms with E-state index in [-0.39, 0.29) is 42.4 Å². The fourth-order valence-electron chi connectivity index (χ4n) is 3.30. The van der Waals surface area contributed by atoms with E-state index in [1.54, 1.807) is 0 Å². The molecule has 6 heteroatoms. The van der Waals surface area contributed by atoms with E-state index in [4.69, 9.17) is 20.0 Å². The molecule has 0 heterocycles. The third kappa shape index (κ3) is 4.96. The number of carbonyl (C=O) groups is 2. The highest BCUT2D eigenvalue weighted by Gasteiger charge is 2.29. The molecule has 0 aromatic carbocycles. The van der Waals surface area contributed by atoms with Crippen molar-refractivity contribution < 1.29 is 19.1 Å². The van der Waals surface area contributed by atoms with Crippen LogP contribution in [0.15, 0.2) is 0 Å². The fourth-order valence-corrected chi connectivity index (χ4v) is 3.30. The summed E-state index contributed by atoms with van der Waals surface area (Å²) in [6.07, 6.45) is 5.51. The molecule has 2 fully saturated rings. The first-order valence-electron chi connectivity index (χ1n) is 8.26. The Morgan fingerprint density at radius 2 is 1.09 bits per heavy atom. The lowest BCUT2D eigenvalue weighted by molar-refractivity contribution is -0.174. The minimum absolute atomic E-state index is 0.0421. The Labute approximate surface area is 136 Å². The predicted molar refractivity (Wildman–Crippen MR) is 79.2 cm³/mol.